The zero-order valence-electron chi connectivity index (χ0n) is 19.8. The number of likely N-dealkylation sites (tertiary alicyclic amines) is 1. The van der Waals surface area contributed by atoms with Gasteiger partial charge in [0.2, 0.25) is 5.91 Å². The lowest BCUT2D eigenvalue weighted by molar-refractivity contribution is -0.121. The van der Waals surface area contributed by atoms with Crippen LogP contribution in [0.1, 0.15) is 75.7 Å². The van der Waals surface area contributed by atoms with E-state index in [0.29, 0.717) is 18.2 Å². The Kier molecular flexibility index (Phi) is 8.02. The lowest BCUT2D eigenvalue weighted by atomic mass is 9.79. The normalized spacial score (nSPS) is 26.1. The predicted molar refractivity (Wildman–Crippen MR) is 127 cm³/mol. The molecule has 3 aliphatic rings. The van der Waals surface area contributed by atoms with Gasteiger partial charge in [-0.2, -0.15) is 0 Å². The Bertz CT molecular complexity index is 809. The van der Waals surface area contributed by atoms with Gasteiger partial charge >= 0.3 is 0 Å². The Balaban J connectivity index is 1.30. The van der Waals surface area contributed by atoms with Crippen molar-refractivity contribution in [2.75, 3.05) is 32.1 Å². The van der Waals surface area contributed by atoms with Crippen molar-refractivity contribution in [2.24, 2.45) is 0 Å². The molecule has 2 saturated heterocycles. The molecule has 1 spiro atoms. The van der Waals surface area contributed by atoms with Gasteiger partial charge in [-0.15, -0.1) is 0 Å². The first-order chi connectivity index (χ1) is 16.0. The number of rotatable bonds is 8. The summed E-state index contributed by atoms with van der Waals surface area (Å²) in [5.41, 5.74) is 1.51. The van der Waals surface area contributed by atoms with Crippen LogP contribution in [0.3, 0.4) is 0 Å². The quantitative estimate of drug-likeness (QED) is 0.575. The number of benzene rings is 1. The average molecular weight is 460 g/mol. The second-order valence-corrected chi connectivity index (χ2v) is 9.97. The maximum Gasteiger partial charge on any atom is 0.242 e. The van der Waals surface area contributed by atoms with E-state index >= 15 is 4.39 Å². The molecule has 1 unspecified atom stereocenters. The van der Waals surface area contributed by atoms with Crippen LogP contribution in [0.25, 0.3) is 0 Å². The molecular weight excluding hydrogens is 421 g/mol. The molecular formula is C26H38FN3O3. The molecule has 0 aromatic heterocycles. The molecule has 4 rings (SSSR count). The number of halogens is 1. The molecule has 1 aromatic carbocycles. The van der Waals surface area contributed by atoms with E-state index in [0.717, 1.165) is 70.1 Å². The van der Waals surface area contributed by atoms with Crippen LogP contribution in [0.4, 0.5) is 10.1 Å². The van der Waals surface area contributed by atoms with Crippen LogP contribution in [0.5, 0.6) is 0 Å². The minimum atomic E-state index is -0.556. The molecule has 2 heterocycles. The number of anilines is 1. The van der Waals surface area contributed by atoms with Crippen LogP contribution in [0, 0.1) is 5.82 Å². The fraction of sp³-hybridized carbons (Fsp3) is 0.692. The maximum atomic E-state index is 15.0. The van der Waals surface area contributed by atoms with Gasteiger partial charge in [0.25, 0.3) is 0 Å². The molecule has 0 bridgehead atoms. The van der Waals surface area contributed by atoms with Gasteiger partial charge in [-0.25, -0.2) is 4.39 Å². The van der Waals surface area contributed by atoms with Crippen molar-refractivity contribution in [3.8, 4) is 0 Å². The van der Waals surface area contributed by atoms with Crippen LogP contribution in [0.2, 0.25) is 0 Å². The first-order valence-corrected chi connectivity index (χ1v) is 12.6. The van der Waals surface area contributed by atoms with Gasteiger partial charge in [0.15, 0.2) is 0 Å². The summed E-state index contributed by atoms with van der Waals surface area (Å²) < 4.78 is 21.1. The summed E-state index contributed by atoms with van der Waals surface area (Å²) in [4.78, 5) is 25.4. The van der Waals surface area contributed by atoms with Crippen LogP contribution < -0.4 is 10.6 Å². The largest absolute Gasteiger partial charge is 0.375 e. The maximum absolute atomic E-state index is 15.0. The number of aldehydes is 1. The second kappa shape index (κ2) is 11.0. The van der Waals surface area contributed by atoms with Crippen LogP contribution >= 0.6 is 0 Å². The first-order valence-electron chi connectivity index (χ1n) is 12.6. The Labute approximate surface area is 196 Å². The zero-order valence-corrected chi connectivity index (χ0v) is 19.8. The number of piperidine rings is 1. The average Bonchev–Trinajstić information content (AvgIpc) is 3.30. The molecule has 2 N–H and O–H groups in total. The number of ether oxygens (including phenoxy) is 1. The number of likely N-dealkylation sites (N-methyl/N-ethyl adjacent to an activating group) is 1. The summed E-state index contributed by atoms with van der Waals surface area (Å²) >= 11 is 0. The van der Waals surface area contributed by atoms with Crippen LogP contribution in [-0.4, -0.2) is 61.5 Å². The number of amides is 1. The standard InChI is InChI=1S/C26H38FN3O3/c1-28-25(32)24(4-2-16-31)29-20-7-10-22(23(27)18-20)19-5-8-21(9-6-19)30-14-12-26(13-15-30)11-3-17-33-26/h7,10,16,18-19,21,24,29H,2-6,8-9,11-15,17H2,1H3,(H,28,32). The van der Waals surface area contributed by atoms with Gasteiger partial charge in [0.1, 0.15) is 18.1 Å². The van der Waals surface area contributed by atoms with Crippen molar-refractivity contribution in [2.45, 2.75) is 87.8 Å². The van der Waals surface area contributed by atoms with Gasteiger partial charge in [0.05, 0.1) is 5.60 Å². The third-order valence-electron chi connectivity index (χ3n) is 8.02. The minimum absolute atomic E-state index is 0.163. The van der Waals surface area contributed by atoms with E-state index in [4.69, 9.17) is 4.74 Å². The van der Waals surface area contributed by atoms with E-state index in [2.05, 4.69) is 15.5 Å². The van der Waals surface area contributed by atoms with E-state index in [9.17, 15) is 9.59 Å². The van der Waals surface area contributed by atoms with Crippen molar-refractivity contribution >= 4 is 17.9 Å². The van der Waals surface area contributed by atoms with E-state index < -0.39 is 6.04 Å². The molecule has 1 saturated carbocycles. The highest BCUT2D eigenvalue weighted by Crippen LogP contribution is 2.40. The Morgan fingerprint density at radius 2 is 2.00 bits per heavy atom. The molecule has 2 aliphatic heterocycles. The number of hydrogen-bond donors (Lipinski definition) is 2. The van der Waals surface area contributed by atoms with E-state index in [-0.39, 0.29) is 29.7 Å². The molecule has 0 radical (unpaired) electrons. The van der Waals surface area contributed by atoms with Gasteiger partial charge in [0, 0.05) is 44.9 Å². The van der Waals surface area contributed by atoms with Gasteiger partial charge in [-0.1, -0.05) is 6.07 Å². The molecule has 1 atom stereocenters. The summed E-state index contributed by atoms with van der Waals surface area (Å²) in [7, 11) is 1.56. The van der Waals surface area contributed by atoms with Crippen molar-refractivity contribution < 1.29 is 18.7 Å². The Morgan fingerprint density at radius 3 is 2.61 bits per heavy atom. The van der Waals surface area contributed by atoms with E-state index in [1.165, 1.54) is 18.9 Å². The lowest BCUT2D eigenvalue weighted by Crippen LogP contribution is -2.48. The molecule has 6 nitrogen and oxygen atoms in total. The molecule has 33 heavy (non-hydrogen) atoms. The molecule has 1 aliphatic carbocycles. The molecule has 7 heteroatoms. The van der Waals surface area contributed by atoms with Gasteiger partial charge in [-0.3, -0.25) is 4.79 Å². The lowest BCUT2D eigenvalue weighted by Gasteiger charge is -2.44. The number of nitrogens with zero attached hydrogens (tertiary/aromatic N) is 1. The third kappa shape index (κ3) is 5.75. The fourth-order valence-electron chi connectivity index (χ4n) is 6.03. The highest BCUT2D eigenvalue weighted by molar-refractivity contribution is 5.84. The smallest absolute Gasteiger partial charge is 0.242 e. The Morgan fingerprint density at radius 1 is 1.24 bits per heavy atom. The monoisotopic (exact) mass is 459 g/mol. The van der Waals surface area contributed by atoms with Crippen molar-refractivity contribution in [3.63, 3.8) is 0 Å². The summed E-state index contributed by atoms with van der Waals surface area (Å²) in [6, 6.07) is 5.26. The number of hydrogen-bond acceptors (Lipinski definition) is 5. The summed E-state index contributed by atoms with van der Waals surface area (Å²) in [6.07, 6.45) is 10.4. The third-order valence-corrected chi connectivity index (χ3v) is 8.02. The Hall–Kier alpha value is -1.99. The highest BCUT2D eigenvalue weighted by atomic mass is 19.1. The topological polar surface area (TPSA) is 70.7 Å². The predicted octanol–water partition coefficient (Wildman–Crippen LogP) is 4.00. The molecule has 3 fully saturated rings. The fourth-order valence-corrected chi connectivity index (χ4v) is 6.03. The molecule has 182 valence electrons. The number of carbonyl (C=O) groups excluding carboxylic acids is 2. The van der Waals surface area contributed by atoms with Crippen molar-refractivity contribution in [3.05, 3.63) is 29.6 Å². The summed E-state index contributed by atoms with van der Waals surface area (Å²) in [6.45, 7) is 3.18. The molecule has 1 aromatic rings. The number of carbonyl (C=O) groups is 2. The molecule has 1 amide bonds. The summed E-state index contributed by atoms with van der Waals surface area (Å²) in [5.74, 6) is -0.176. The summed E-state index contributed by atoms with van der Waals surface area (Å²) in [5, 5.41) is 5.67. The van der Waals surface area contributed by atoms with E-state index in [1.54, 1.807) is 7.05 Å². The van der Waals surface area contributed by atoms with E-state index in [1.807, 2.05) is 12.1 Å². The van der Waals surface area contributed by atoms with Crippen molar-refractivity contribution in [1.82, 2.24) is 10.2 Å². The van der Waals surface area contributed by atoms with Crippen LogP contribution in [0.15, 0.2) is 18.2 Å². The minimum Gasteiger partial charge on any atom is -0.375 e. The SMILES string of the molecule is CNC(=O)C(CCC=O)Nc1ccc(C2CCC(N3CCC4(CCCO4)CC3)CC2)c(F)c1. The van der Waals surface area contributed by atoms with Crippen LogP contribution in [-0.2, 0) is 14.3 Å². The highest BCUT2D eigenvalue weighted by Gasteiger charge is 2.40. The van der Waals surface area contributed by atoms with Crippen molar-refractivity contribution in [1.29, 1.82) is 0 Å². The second-order valence-electron chi connectivity index (χ2n) is 9.97. The van der Waals surface area contributed by atoms with Gasteiger partial charge in [-0.05, 0) is 81.4 Å². The first kappa shape index (κ1) is 24.1. The number of nitrogens with one attached hydrogen (secondary N) is 2. The zero-order chi connectivity index (χ0) is 23.3. The van der Waals surface area contributed by atoms with Gasteiger partial charge < -0.3 is 25.1 Å².